The first-order valence-electron chi connectivity index (χ1n) is 6.38. The molecule has 0 saturated heterocycles. The summed E-state index contributed by atoms with van der Waals surface area (Å²) in [5, 5.41) is 0. The summed E-state index contributed by atoms with van der Waals surface area (Å²) in [7, 11) is 2.08. The van der Waals surface area contributed by atoms with Crippen molar-refractivity contribution < 1.29 is 0 Å². The van der Waals surface area contributed by atoms with E-state index in [2.05, 4.69) is 71.0 Å². The number of anilines is 1. The molecule has 0 saturated carbocycles. The first-order valence-corrected chi connectivity index (χ1v) is 7.17. The lowest BCUT2D eigenvalue weighted by Gasteiger charge is -2.20. The third-order valence-electron chi connectivity index (χ3n) is 3.30. The molecule has 1 aromatic heterocycles. The number of halogens is 1. The van der Waals surface area contributed by atoms with Crippen molar-refractivity contribution in [2.24, 2.45) is 0 Å². The van der Waals surface area contributed by atoms with Crippen molar-refractivity contribution in [1.82, 2.24) is 4.98 Å². The number of nitrogens with zero attached hydrogens (tertiary/aromatic N) is 2. The molecule has 0 fully saturated rings. The number of aromatic nitrogens is 1. The average molecular weight is 319 g/mol. The van der Waals surface area contributed by atoms with Gasteiger partial charge in [0.2, 0.25) is 0 Å². The Morgan fingerprint density at radius 1 is 1.11 bits per heavy atom. The maximum Gasteiger partial charge on any atom is 0.128 e. The van der Waals surface area contributed by atoms with Crippen LogP contribution in [0.4, 0.5) is 5.82 Å². The minimum atomic E-state index is 0.875. The van der Waals surface area contributed by atoms with Crippen molar-refractivity contribution in [3.8, 4) is 0 Å². The molecule has 0 amide bonds. The van der Waals surface area contributed by atoms with E-state index in [9.17, 15) is 0 Å². The Balaban J connectivity index is 2.20. The highest BCUT2D eigenvalue weighted by Crippen LogP contribution is 2.20. The fourth-order valence-electron chi connectivity index (χ4n) is 2.10. The lowest BCUT2D eigenvalue weighted by Crippen LogP contribution is -2.18. The van der Waals surface area contributed by atoms with Crippen LogP contribution in [0.15, 0.2) is 34.8 Å². The van der Waals surface area contributed by atoms with Gasteiger partial charge in [-0.1, -0.05) is 23.8 Å². The zero-order chi connectivity index (χ0) is 14.0. The van der Waals surface area contributed by atoms with E-state index in [0.717, 1.165) is 22.5 Å². The van der Waals surface area contributed by atoms with Gasteiger partial charge in [0.25, 0.3) is 0 Å². The molecular formula is C16H19BrN2. The Morgan fingerprint density at radius 2 is 1.84 bits per heavy atom. The smallest absolute Gasteiger partial charge is 0.128 e. The van der Waals surface area contributed by atoms with E-state index in [4.69, 9.17) is 0 Å². The molecule has 100 valence electrons. The molecular weight excluding hydrogens is 300 g/mol. The largest absolute Gasteiger partial charge is 0.355 e. The molecule has 2 nitrogen and oxygen atoms in total. The van der Waals surface area contributed by atoms with Gasteiger partial charge in [-0.2, -0.15) is 0 Å². The van der Waals surface area contributed by atoms with Crippen LogP contribution in [0, 0.1) is 20.8 Å². The van der Waals surface area contributed by atoms with Gasteiger partial charge in [-0.05, 0) is 60.0 Å². The summed E-state index contributed by atoms with van der Waals surface area (Å²) in [6.07, 6.45) is 0. The zero-order valence-corrected chi connectivity index (χ0v) is 13.5. The molecule has 2 rings (SSSR count). The Morgan fingerprint density at radius 3 is 2.47 bits per heavy atom. The molecule has 0 aliphatic rings. The van der Waals surface area contributed by atoms with Gasteiger partial charge in [0, 0.05) is 18.1 Å². The van der Waals surface area contributed by atoms with Crippen LogP contribution in [-0.2, 0) is 6.54 Å². The number of rotatable bonds is 3. The lowest BCUT2D eigenvalue weighted by molar-refractivity contribution is 0.883. The second-order valence-corrected chi connectivity index (χ2v) is 5.88. The van der Waals surface area contributed by atoms with Crippen molar-refractivity contribution in [3.63, 3.8) is 0 Å². The fourth-order valence-corrected chi connectivity index (χ4v) is 2.32. The third-order valence-corrected chi connectivity index (χ3v) is 4.14. The molecule has 0 unspecified atom stereocenters. The second-order valence-electron chi connectivity index (χ2n) is 5.02. The number of hydrogen-bond donors (Lipinski definition) is 0. The van der Waals surface area contributed by atoms with E-state index in [1.807, 2.05) is 13.0 Å². The summed E-state index contributed by atoms with van der Waals surface area (Å²) < 4.78 is 1.05. The number of hydrogen-bond acceptors (Lipinski definition) is 2. The van der Waals surface area contributed by atoms with Crippen LogP contribution >= 0.6 is 15.9 Å². The van der Waals surface area contributed by atoms with Crippen LogP contribution in [0.1, 0.15) is 22.4 Å². The predicted octanol–water partition coefficient (Wildman–Crippen LogP) is 4.41. The molecule has 19 heavy (non-hydrogen) atoms. The van der Waals surface area contributed by atoms with E-state index in [-0.39, 0.29) is 0 Å². The quantitative estimate of drug-likeness (QED) is 0.833. The Hall–Kier alpha value is -1.35. The van der Waals surface area contributed by atoms with E-state index in [1.54, 1.807) is 0 Å². The topological polar surface area (TPSA) is 16.1 Å². The molecule has 0 spiro atoms. The van der Waals surface area contributed by atoms with E-state index in [0.29, 0.717) is 0 Å². The SMILES string of the molecule is Cc1ccc(CN(C)c2ccc(Br)c(C)n2)c(C)c1. The molecule has 0 N–H and O–H groups in total. The van der Waals surface area contributed by atoms with Crippen LogP contribution in [0.2, 0.25) is 0 Å². The van der Waals surface area contributed by atoms with Crippen LogP contribution in [0.3, 0.4) is 0 Å². The summed E-state index contributed by atoms with van der Waals surface area (Å²) in [6.45, 7) is 7.18. The summed E-state index contributed by atoms with van der Waals surface area (Å²) >= 11 is 3.48. The zero-order valence-electron chi connectivity index (χ0n) is 11.9. The maximum atomic E-state index is 4.60. The minimum absolute atomic E-state index is 0.875. The maximum absolute atomic E-state index is 4.60. The van der Waals surface area contributed by atoms with Crippen molar-refractivity contribution in [2.75, 3.05) is 11.9 Å². The fraction of sp³-hybridized carbons (Fsp3) is 0.312. The number of aryl methyl sites for hydroxylation is 3. The monoisotopic (exact) mass is 318 g/mol. The summed E-state index contributed by atoms with van der Waals surface area (Å²) in [5.41, 5.74) is 5.00. The van der Waals surface area contributed by atoms with Crippen LogP contribution in [0.25, 0.3) is 0 Å². The van der Waals surface area contributed by atoms with Gasteiger partial charge in [-0.3, -0.25) is 0 Å². The van der Waals surface area contributed by atoms with E-state index >= 15 is 0 Å². The lowest BCUT2D eigenvalue weighted by atomic mass is 10.1. The first kappa shape index (κ1) is 14.1. The number of benzene rings is 1. The summed E-state index contributed by atoms with van der Waals surface area (Å²) in [4.78, 5) is 6.77. The van der Waals surface area contributed by atoms with Gasteiger partial charge >= 0.3 is 0 Å². The standard InChI is InChI=1S/C16H19BrN2/c1-11-5-6-14(12(2)9-11)10-19(4)16-8-7-15(17)13(3)18-16/h5-9H,10H2,1-4H3. The molecule has 0 atom stereocenters. The first-order chi connectivity index (χ1) is 8.97. The van der Waals surface area contributed by atoms with Crippen molar-refractivity contribution in [3.05, 3.63) is 57.2 Å². The third kappa shape index (κ3) is 3.35. The van der Waals surface area contributed by atoms with Gasteiger partial charge < -0.3 is 4.90 Å². The van der Waals surface area contributed by atoms with E-state index in [1.165, 1.54) is 16.7 Å². The molecule has 0 aliphatic heterocycles. The minimum Gasteiger partial charge on any atom is -0.355 e. The molecule has 1 heterocycles. The van der Waals surface area contributed by atoms with Crippen molar-refractivity contribution >= 4 is 21.7 Å². The molecule has 0 bridgehead atoms. The highest BCUT2D eigenvalue weighted by molar-refractivity contribution is 9.10. The Kier molecular flexibility index (Phi) is 4.25. The summed E-state index contributed by atoms with van der Waals surface area (Å²) in [5.74, 6) is 1.00. The molecule has 1 aromatic carbocycles. The Labute approximate surface area is 123 Å². The highest BCUT2D eigenvalue weighted by Gasteiger charge is 2.07. The van der Waals surface area contributed by atoms with Crippen molar-refractivity contribution in [2.45, 2.75) is 27.3 Å². The number of pyridine rings is 1. The van der Waals surface area contributed by atoms with E-state index < -0.39 is 0 Å². The molecule has 3 heteroatoms. The predicted molar refractivity (Wildman–Crippen MR) is 84.7 cm³/mol. The molecule has 0 aliphatic carbocycles. The van der Waals surface area contributed by atoms with Gasteiger partial charge in [0.1, 0.15) is 5.82 Å². The van der Waals surface area contributed by atoms with Gasteiger partial charge in [0.05, 0.1) is 5.69 Å². The molecule has 0 radical (unpaired) electrons. The Bertz CT molecular complexity index is 593. The van der Waals surface area contributed by atoms with Crippen LogP contribution < -0.4 is 4.90 Å². The average Bonchev–Trinajstić information content (AvgIpc) is 2.36. The molecule has 2 aromatic rings. The normalized spacial score (nSPS) is 10.6. The van der Waals surface area contributed by atoms with Crippen LogP contribution in [-0.4, -0.2) is 12.0 Å². The summed E-state index contributed by atoms with van der Waals surface area (Å²) in [6, 6.07) is 10.7. The van der Waals surface area contributed by atoms with Crippen LogP contribution in [0.5, 0.6) is 0 Å². The van der Waals surface area contributed by atoms with Gasteiger partial charge in [0.15, 0.2) is 0 Å². The van der Waals surface area contributed by atoms with Crippen molar-refractivity contribution in [1.29, 1.82) is 0 Å². The van der Waals surface area contributed by atoms with Gasteiger partial charge in [-0.15, -0.1) is 0 Å². The highest BCUT2D eigenvalue weighted by atomic mass is 79.9. The van der Waals surface area contributed by atoms with Gasteiger partial charge in [-0.25, -0.2) is 4.98 Å². The second kappa shape index (κ2) is 5.74.